The van der Waals surface area contributed by atoms with Crippen molar-refractivity contribution >= 4 is 0 Å². The topological polar surface area (TPSA) is 30.5 Å². The van der Waals surface area contributed by atoms with Crippen molar-refractivity contribution in [2.75, 3.05) is 20.8 Å². The quantitative estimate of drug-likeness (QED) is 0.812. The van der Waals surface area contributed by atoms with Crippen molar-refractivity contribution in [2.45, 2.75) is 32.4 Å². The Hall–Kier alpha value is -1.13. The van der Waals surface area contributed by atoms with E-state index in [0.29, 0.717) is 18.4 Å². The summed E-state index contributed by atoms with van der Waals surface area (Å²) in [5.74, 6) is 0.458. The van der Waals surface area contributed by atoms with Gasteiger partial charge in [0.15, 0.2) is 0 Å². The van der Waals surface area contributed by atoms with E-state index in [9.17, 15) is 4.39 Å². The molecule has 0 aliphatic heterocycles. The van der Waals surface area contributed by atoms with E-state index >= 15 is 0 Å². The summed E-state index contributed by atoms with van der Waals surface area (Å²) in [6, 6.07) is 4.90. The van der Waals surface area contributed by atoms with Gasteiger partial charge in [0, 0.05) is 31.4 Å². The normalized spacial score (nSPS) is 14.3. The third kappa shape index (κ3) is 4.27. The Morgan fingerprint density at radius 2 is 2.00 bits per heavy atom. The third-order valence-corrected chi connectivity index (χ3v) is 2.95. The molecule has 1 N–H and O–H groups in total. The number of methoxy groups -OCH3 is 2. The number of benzene rings is 1. The van der Waals surface area contributed by atoms with Crippen LogP contribution in [0.3, 0.4) is 0 Å². The maximum atomic E-state index is 13.3. The van der Waals surface area contributed by atoms with Crippen LogP contribution in [0, 0.1) is 5.82 Å². The summed E-state index contributed by atoms with van der Waals surface area (Å²) in [7, 11) is 3.28. The van der Waals surface area contributed by atoms with Gasteiger partial charge in [0.05, 0.1) is 7.11 Å². The molecule has 0 saturated carbocycles. The first-order chi connectivity index (χ1) is 8.58. The number of ether oxygens (including phenoxy) is 2. The molecule has 2 atom stereocenters. The molecule has 18 heavy (non-hydrogen) atoms. The first-order valence-electron chi connectivity index (χ1n) is 6.17. The van der Waals surface area contributed by atoms with Gasteiger partial charge in [-0.15, -0.1) is 0 Å². The van der Waals surface area contributed by atoms with Crippen LogP contribution < -0.4 is 10.1 Å². The summed E-state index contributed by atoms with van der Waals surface area (Å²) in [5.41, 5.74) is 0.835. The fourth-order valence-corrected chi connectivity index (χ4v) is 1.94. The number of nitrogens with one attached hydrogen (secondary N) is 1. The van der Waals surface area contributed by atoms with Crippen LogP contribution >= 0.6 is 0 Å². The fourth-order valence-electron chi connectivity index (χ4n) is 1.94. The number of hydrogen-bond acceptors (Lipinski definition) is 3. The zero-order chi connectivity index (χ0) is 13.5. The number of hydrogen-bond donors (Lipinski definition) is 1. The monoisotopic (exact) mass is 255 g/mol. The van der Waals surface area contributed by atoms with Crippen LogP contribution in [-0.2, 0) is 4.74 Å². The van der Waals surface area contributed by atoms with E-state index in [2.05, 4.69) is 12.2 Å². The zero-order valence-electron chi connectivity index (χ0n) is 11.5. The Balaban J connectivity index is 2.70. The lowest BCUT2D eigenvalue weighted by Gasteiger charge is -2.22. The van der Waals surface area contributed by atoms with Crippen molar-refractivity contribution in [3.05, 3.63) is 29.6 Å². The molecule has 0 bridgehead atoms. The van der Waals surface area contributed by atoms with Gasteiger partial charge in [-0.05, 0) is 38.5 Å². The van der Waals surface area contributed by atoms with Gasteiger partial charge >= 0.3 is 0 Å². The minimum atomic E-state index is -0.246. The smallest absolute Gasteiger partial charge is 0.123 e. The molecule has 0 aliphatic rings. The molecule has 1 aromatic carbocycles. The molecule has 0 fully saturated rings. The third-order valence-electron chi connectivity index (χ3n) is 2.95. The van der Waals surface area contributed by atoms with E-state index in [0.717, 1.165) is 12.0 Å². The Bertz CT molecular complexity index is 371. The van der Waals surface area contributed by atoms with E-state index in [1.54, 1.807) is 20.3 Å². The van der Waals surface area contributed by atoms with Crippen LogP contribution in [-0.4, -0.2) is 26.9 Å². The predicted octanol–water partition coefficient (Wildman–Crippen LogP) is 2.91. The molecule has 3 nitrogen and oxygen atoms in total. The number of halogens is 1. The van der Waals surface area contributed by atoms with E-state index in [4.69, 9.17) is 9.47 Å². The minimum Gasteiger partial charge on any atom is -0.496 e. The second-order valence-corrected chi connectivity index (χ2v) is 4.46. The average molecular weight is 255 g/mol. The maximum absolute atomic E-state index is 13.3. The average Bonchev–Trinajstić information content (AvgIpc) is 2.36. The van der Waals surface area contributed by atoms with Crippen LogP contribution in [0.2, 0.25) is 0 Å². The molecule has 4 heteroatoms. The molecule has 2 unspecified atom stereocenters. The molecule has 0 heterocycles. The van der Waals surface area contributed by atoms with Crippen molar-refractivity contribution < 1.29 is 13.9 Å². The maximum Gasteiger partial charge on any atom is 0.123 e. The molecular weight excluding hydrogens is 233 g/mol. The lowest BCUT2D eigenvalue weighted by atomic mass is 10.1. The van der Waals surface area contributed by atoms with Gasteiger partial charge in [-0.1, -0.05) is 0 Å². The van der Waals surface area contributed by atoms with E-state index in [-0.39, 0.29) is 11.9 Å². The lowest BCUT2D eigenvalue weighted by molar-refractivity contribution is 0.183. The second kappa shape index (κ2) is 7.34. The Kier molecular flexibility index (Phi) is 6.09. The molecule has 0 aliphatic carbocycles. The zero-order valence-corrected chi connectivity index (χ0v) is 11.5. The highest BCUT2D eigenvalue weighted by molar-refractivity contribution is 5.36. The molecule has 1 aromatic rings. The van der Waals surface area contributed by atoms with Gasteiger partial charge in [-0.3, -0.25) is 0 Å². The molecule has 1 rings (SSSR count). The largest absolute Gasteiger partial charge is 0.496 e. The summed E-state index contributed by atoms with van der Waals surface area (Å²) in [4.78, 5) is 0. The molecule has 0 saturated heterocycles. The van der Waals surface area contributed by atoms with Crippen molar-refractivity contribution in [1.82, 2.24) is 5.32 Å². The van der Waals surface area contributed by atoms with E-state index < -0.39 is 0 Å². The molecule has 0 radical (unpaired) electrons. The highest BCUT2D eigenvalue weighted by Gasteiger charge is 2.14. The standard InChI is InChI=1S/C14H22FNO2/c1-10(7-8-17-3)16-11(2)13-9-12(15)5-6-14(13)18-4/h5-6,9-11,16H,7-8H2,1-4H3. The van der Waals surface area contributed by atoms with Crippen molar-refractivity contribution in [1.29, 1.82) is 0 Å². The van der Waals surface area contributed by atoms with Crippen molar-refractivity contribution in [3.8, 4) is 5.75 Å². The summed E-state index contributed by atoms with van der Waals surface area (Å²) >= 11 is 0. The van der Waals surface area contributed by atoms with Gasteiger partial charge in [-0.2, -0.15) is 0 Å². The first kappa shape index (κ1) is 14.9. The predicted molar refractivity (Wildman–Crippen MR) is 70.5 cm³/mol. The summed E-state index contributed by atoms with van der Waals surface area (Å²) in [6.45, 7) is 4.79. The summed E-state index contributed by atoms with van der Waals surface area (Å²) < 4.78 is 23.6. The van der Waals surface area contributed by atoms with Crippen LogP contribution in [0.1, 0.15) is 31.9 Å². The molecule has 0 aromatic heterocycles. The number of rotatable bonds is 7. The highest BCUT2D eigenvalue weighted by Crippen LogP contribution is 2.26. The minimum absolute atomic E-state index is 0.0301. The van der Waals surface area contributed by atoms with E-state index in [1.165, 1.54) is 12.1 Å². The molecule has 0 amide bonds. The highest BCUT2D eigenvalue weighted by atomic mass is 19.1. The summed E-state index contributed by atoms with van der Waals surface area (Å²) in [5, 5.41) is 3.41. The summed E-state index contributed by atoms with van der Waals surface area (Å²) in [6.07, 6.45) is 0.915. The Morgan fingerprint density at radius 1 is 1.28 bits per heavy atom. The Labute approximate surface area is 108 Å². The van der Waals surface area contributed by atoms with Crippen LogP contribution in [0.15, 0.2) is 18.2 Å². The van der Waals surface area contributed by atoms with Crippen LogP contribution in [0.4, 0.5) is 4.39 Å². The molecule has 0 spiro atoms. The van der Waals surface area contributed by atoms with Crippen LogP contribution in [0.5, 0.6) is 5.75 Å². The van der Waals surface area contributed by atoms with Crippen molar-refractivity contribution in [3.63, 3.8) is 0 Å². The molecular formula is C14H22FNO2. The van der Waals surface area contributed by atoms with Gasteiger partial charge in [0.2, 0.25) is 0 Å². The van der Waals surface area contributed by atoms with E-state index in [1.807, 2.05) is 6.92 Å². The molecule has 102 valence electrons. The van der Waals surface area contributed by atoms with Crippen LogP contribution in [0.25, 0.3) is 0 Å². The second-order valence-electron chi connectivity index (χ2n) is 4.46. The van der Waals surface area contributed by atoms with Gasteiger partial charge < -0.3 is 14.8 Å². The Morgan fingerprint density at radius 3 is 2.61 bits per heavy atom. The lowest BCUT2D eigenvalue weighted by Crippen LogP contribution is -2.30. The van der Waals surface area contributed by atoms with Crippen molar-refractivity contribution in [2.24, 2.45) is 0 Å². The van der Waals surface area contributed by atoms with Gasteiger partial charge in [-0.25, -0.2) is 4.39 Å². The van der Waals surface area contributed by atoms with Gasteiger partial charge in [0.25, 0.3) is 0 Å². The SMILES string of the molecule is COCCC(C)NC(C)c1cc(F)ccc1OC. The fraction of sp³-hybridized carbons (Fsp3) is 0.571. The van der Waals surface area contributed by atoms with Gasteiger partial charge in [0.1, 0.15) is 11.6 Å². The first-order valence-corrected chi connectivity index (χ1v) is 6.17.